The molecule has 78 heavy (non-hydrogen) atoms. The fraction of sp³-hybridized carbons (Fsp3) is 0.312. The Bertz CT molecular complexity index is 2750. The lowest BCUT2D eigenvalue weighted by Gasteiger charge is -2.17. The zero-order valence-electron chi connectivity index (χ0n) is 44.4. The van der Waals surface area contributed by atoms with Crippen molar-refractivity contribution in [1.82, 2.24) is 21.3 Å². The molecule has 0 aliphatic heterocycles. The zero-order valence-corrected chi connectivity index (χ0v) is 44.4. The Morgan fingerprint density at radius 1 is 0.449 bits per heavy atom. The van der Waals surface area contributed by atoms with Crippen molar-refractivity contribution >= 4 is 47.2 Å². The average molecular weight is 1050 g/mol. The molecule has 6 aromatic carbocycles. The molecule has 0 unspecified atom stereocenters. The van der Waals surface area contributed by atoms with Crippen molar-refractivity contribution in [2.45, 2.75) is 115 Å². The first-order valence-electron chi connectivity index (χ1n) is 26.8. The van der Waals surface area contributed by atoms with Crippen LogP contribution in [0.15, 0.2) is 170 Å². The molecule has 0 saturated heterocycles. The van der Waals surface area contributed by atoms with Crippen molar-refractivity contribution in [3.05, 3.63) is 214 Å². The number of alkyl carbamates (subject to hydrolysis) is 2. The third kappa shape index (κ3) is 17.8. The van der Waals surface area contributed by atoms with E-state index in [1.54, 1.807) is 38.1 Å². The Morgan fingerprint density at radius 2 is 0.782 bits per heavy atom. The number of carbonyl (C=O) groups is 6. The highest BCUT2D eigenvalue weighted by Gasteiger charge is 2.33. The van der Waals surface area contributed by atoms with Gasteiger partial charge in [0.25, 0.3) is 0 Å². The highest BCUT2D eigenvalue weighted by molar-refractivity contribution is 6.05. The zero-order chi connectivity index (χ0) is 55.2. The molecular formula is C64H70N6O8. The highest BCUT2D eigenvalue weighted by atomic mass is 16.6. The van der Waals surface area contributed by atoms with Gasteiger partial charge >= 0.3 is 12.2 Å². The minimum absolute atomic E-state index is 0.0133. The van der Waals surface area contributed by atoms with Crippen LogP contribution in [0, 0.1) is 22.7 Å². The summed E-state index contributed by atoms with van der Waals surface area (Å²) < 4.78 is 10.3. The van der Waals surface area contributed by atoms with E-state index in [-0.39, 0.29) is 60.1 Å². The van der Waals surface area contributed by atoms with E-state index in [4.69, 9.17) is 20.3 Å². The smallest absolute Gasteiger partial charge is 0.413 e. The van der Waals surface area contributed by atoms with Gasteiger partial charge in [0, 0.05) is 35.8 Å². The summed E-state index contributed by atoms with van der Waals surface area (Å²) in [5.74, 6) is 0.456. The number of benzene rings is 6. The number of nitrogens with one attached hydrogen (secondary N) is 6. The van der Waals surface area contributed by atoms with Gasteiger partial charge in [0.1, 0.15) is 24.9 Å². The number of amides is 4. The lowest BCUT2D eigenvalue weighted by Crippen LogP contribution is -2.41. The van der Waals surface area contributed by atoms with E-state index in [2.05, 4.69) is 45.5 Å². The van der Waals surface area contributed by atoms with Gasteiger partial charge in [-0.3, -0.25) is 40.6 Å². The number of hydrogen-bond donors (Lipinski definition) is 6. The molecular weight excluding hydrogens is 981 g/mol. The van der Waals surface area contributed by atoms with Gasteiger partial charge in [-0.1, -0.05) is 170 Å². The average Bonchev–Trinajstić information content (AvgIpc) is 4.20. The maximum atomic E-state index is 12.8. The Balaban J connectivity index is 0.000000226. The van der Waals surface area contributed by atoms with Crippen LogP contribution in [0.5, 0.6) is 0 Å². The Labute approximate surface area is 457 Å². The molecule has 2 saturated carbocycles. The van der Waals surface area contributed by atoms with Crippen LogP contribution in [0.3, 0.4) is 0 Å². The first-order chi connectivity index (χ1) is 37.8. The van der Waals surface area contributed by atoms with E-state index >= 15 is 0 Å². The number of rotatable bonds is 20. The van der Waals surface area contributed by atoms with Gasteiger partial charge in [-0.2, -0.15) is 0 Å². The second-order valence-corrected chi connectivity index (χ2v) is 20.1. The van der Waals surface area contributed by atoms with Crippen LogP contribution in [0.2, 0.25) is 0 Å². The first-order valence-corrected chi connectivity index (χ1v) is 26.8. The van der Waals surface area contributed by atoms with Crippen molar-refractivity contribution in [2.75, 3.05) is 0 Å². The van der Waals surface area contributed by atoms with E-state index in [9.17, 15) is 28.8 Å². The van der Waals surface area contributed by atoms with Crippen LogP contribution >= 0.6 is 0 Å². The topological polar surface area (TPSA) is 217 Å². The van der Waals surface area contributed by atoms with E-state index in [1.807, 2.05) is 121 Å². The molecule has 6 atom stereocenters. The number of aryl methyl sites for hydroxylation is 2. The summed E-state index contributed by atoms with van der Waals surface area (Å²) in [6.07, 6.45) is 5.57. The molecule has 6 N–H and O–H groups in total. The second-order valence-electron chi connectivity index (χ2n) is 20.1. The van der Waals surface area contributed by atoms with Gasteiger partial charge in [0.05, 0.1) is 12.1 Å². The summed E-state index contributed by atoms with van der Waals surface area (Å²) in [5.41, 5.74) is 7.22. The Morgan fingerprint density at radius 3 is 1.13 bits per heavy atom. The van der Waals surface area contributed by atoms with Crippen molar-refractivity contribution in [3.63, 3.8) is 0 Å². The Kier molecular flexibility index (Phi) is 21.4. The first kappa shape index (κ1) is 57.2. The monoisotopic (exact) mass is 1050 g/mol. The van der Waals surface area contributed by atoms with E-state index in [1.165, 1.54) is 11.1 Å². The second kappa shape index (κ2) is 29.1. The molecule has 4 amide bonds. The number of carbonyl (C=O) groups excluding carboxylic acids is 6. The molecule has 2 fully saturated rings. The molecule has 2 aliphatic rings. The van der Waals surface area contributed by atoms with Gasteiger partial charge in [-0.15, -0.1) is 0 Å². The minimum atomic E-state index is -0.692. The maximum Gasteiger partial charge on any atom is 0.413 e. The SMILES string of the molecule is C[C@H](NC(=O)[C@@H]1CC[C@@H](c2ccccc2)C1)C(=O)CCc1ccc(C(=N)NC(=O)OCc2ccccc2)cc1.C[C@H](NC(=O)[C@@H]1CC[C@@H](c2ccccc2)C1)C(=O)CCc1ccc(C(=N)NC(=O)OCc2ccccc2)cc1. The van der Waals surface area contributed by atoms with Crippen molar-refractivity contribution in [1.29, 1.82) is 10.8 Å². The van der Waals surface area contributed by atoms with Crippen molar-refractivity contribution in [3.8, 4) is 0 Å². The quantitative estimate of drug-likeness (QED) is 0.0319. The van der Waals surface area contributed by atoms with E-state index in [0.717, 1.165) is 60.8 Å². The number of ketones is 2. The molecule has 14 heteroatoms. The molecule has 0 heterocycles. The largest absolute Gasteiger partial charge is 0.444 e. The van der Waals surface area contributed by atoms with Gasteiger partial charge in [-0.25, -0.2) is 9.59 Å². The van der Waals surface area contributed by atoms with Crippen LogP contribution in [-0.2, 0) is 54.7 Å². The third-order valence-corrected chi connectivity index (χ3v) is 14.5. The molecule has 0 bridgehead atoms. The predicted octanol–water partition coefficient (Wildman–Crippen LogP) is 11.1. The van der Waals surface area contributed by atoms with E-state index in [0.29, 0.717) is 48.6 Å². The third-order valence-electron chi connectivity index (χ3n) is 14.5. The van der Waals surface area contributed by atoms with Gasteiger partial charge in [0.15, 0.2) is 11.6 Å². The minimum Gasteiger partial charge on any atom is -0.444 e. The summed E-state index contributed by atoms with van der Waals surface area (Å²) in [4.78, 5) is 75.0. The van der Waals surface area contributed by atoms with Crippen molar-refractivity contribution < 1.29 is 38.2 Å². The van der Waals surface area contributed by atoms with Crippen LogP contribution in [0.4, 0.5) is 9.59 Å². The highest BCUT2D eigenvalue weighted by Crippen LogP contribution is 2.39. The van der Waals surface area contributed by atoms with Gasteiger partial charge in [0.2, 0.25) is 11.8 Å². The molecule has 6 aromatic rings. The standard InChI is InChI=1S/2C32H35N3O4/c2*1-22(34-31(37)28-18-17-27(20-28)25-10-6-3-7-11-25)29(36)19-14-23-12-15-26(16-13-23)30(33)35-32(38)39-21-24-8-4-2-5-9-24/h2*2-13,15-16,22,27-28H,14,17-21H2,1H3,(H,34,37)(H2,33,35,38)/t2*22-,27+,28+/m00/s1. The van der Waals surface area contributed by atoms with Crippen LogP contribution < -0.4 is 21.3 Å². The number of amidine groups is 2. The summed E-state index contributed by atoms with van der Waals surface area (Å²) >= 11 is 0. The van der Waals surface area contributed by atoms with Gasteiger partial charge < -0.3 is 20.1 Å². The lowest BCUT2D eigenvalue weighted by atomic mass is 9.96. The van der Waals surface area contributed by atoms with Crippen LogP contribution in [0.25, 0.3) is 0 Å². The molecule has 8 rings (SSSR count). The lowest BCUT2D eigenvalue weighted by molar-refractivity contribution is -0.129. The molecule has 2 aliphatic carbocycles. The maximum absolute atomic E-state index is 12.8. The fourth-order valence-electron chi connectivity index (χ4n) is 9.83. The van der Waals surface area contributed by atoms with E-state index < -0.39 is 24.3 Å². The molecule has 0 spiro atoms. The number of ether oxygens (including phenoxy) is 2. The molecule has 404 valence electrons. The summed E-state index contributed by atoms with van der Waals surface area (Å²) in [7, 11) is 0. The summed E-state index contributed by atoms with van der Waals surface area (Å²) in [5, 5.41) is 27.0. The molecule has 14 nitrogen and oxygen atoms in total. The fourth-order valence-corrected chi connectivity index (χ4v) is 9.83. The summed E-state index contributed by atoms with van der Waals surface area (Å²) in [6, 6.07) is 52.4. The molecule has 0 radical (unpaired) electrons. The number of hydrogen-bond acceptors (Lipinski definition) is 10. The van der Waals surface area contributed by atoms with Crippen LogP contribution in [0.1, 0.15) is 122 Å². The predicted molar refractivity (Wildman–Crippen MR) is 301 cm³/mol. The molecule has 0 aromatic heterocycles. The van der Waals surface area contributed by atoms with Crippen molar-refractivity contribution in [2.24, 2.45) is 11.8 Å². The number of Topliss-reactive ketones (excluding diaryl/α,β-unsaturated/α-hetero) is 2. The Hall–Kier alpha value is -8.52. The van der Waals surface area contributed by atoms with Gasteiger partial charge in [-0.05, 0) is 110 Å². The van der Waals surface area contributed by atoms with Crippen LogP contribution in [-0.4, -0.2) is 59.3 Å². The summed E-state index contributed by atoms with van der Waals surface area (Å²) in [6.45, 7) is 3.75. The normalized spacial score (nSPS) is 17.2.